The number of aromatic nitrogens is 1. The molecule has 2 aromatic rings. The Morgan fingerprint density at radius 1 is 1.39 bits per heavy atom. The van der Waals surface area contributed by atoms with Gasteiger partial charge in [0, 0.05) is 12.6 Å². The number of rotatable bonds is 4. The molecule has 3 rings (SSSR count). The van der Waals surface area contributed by atoms with Gasteiger partial charge in [-0.2, -0.15) is 4.31 Å². The maximum atomic E-state index is 13.5. The molecule has 1 aliphatic rings. The van der Waals surface area contributed by atoms with E-state index in [0.717, 1.165) is 0 Å². The van der Waals surface area contributed by atoms with Gasteiger partial charge in [0.1, 0.15) is 23.0 Å². The number of ether oxygens (including phenoxy) is 1. The van der Waals surface area contributed by atoms with Gasteiger partial charge in [-0.3, -0.25) is 0 Å². The molecule has 1 unspecified atom stereocenters. The minimum Gasteiger partial charge on any atom is -0.378 e. The maximum Gasteiger partial charge on any atom is 0.220 e. The normalized spacial score (nSPS) is 19.8. The molecular formula is C15H17FN2O4S. The molecule has 0 bridgehead atoms. The number of morpholine rings is 1. The number of sulfonamides is 1. The van der Waals surface area contributed by atoms with Crippen LogP contribution in [0.1, 0.15) is 23.1 Å². The van der Waals surface area contributed by atoms with Gasteiger partial charge in [-0.1, -0.05) is 17.3 Å². The Labute approximate surface area is 133 Å². The van der Waals surface area contributed by atoms with Crippen molar-refractivity contribution in [1.82, 2.24) is 9.46 Å². The lowest BCUT2D eigenvalue weighted by Crippen LogP contribution is -2.43. The molecule has 1 atom stereocenters. The highest BCUT2D eigenvalue weighted by Crippen LogP contribution is 2.28. The van der Waals surface area contributed by atoms with Gasteiger partial charge < -0.3 is 9.26 Å². The summed E-state index contributed by atoms with van der Waals surface area (Å²) in [7, 11) is -3.62. The molecule has 6 nitrogen and oxygen atoms in total. The van der Waals surface area contributed by atoms with Gasteiger partial charge in [-0.25, -0.2) is 12.8 Å². The van der Waals surface area contributed by atoms with Crippen LogP contribution < -0.4 is 0 Å². The Kier molecular flexibility index (Phi) is 4.47. The zero-order valence-corrected chi connectivity index (χ0v) is 13.4. The summed E-state index contributed by atoms with van der Waals surface area (Å²) in [5.74, 6) is -0.104. The lowest BCUT2D eigenvalue weighted by atomic mass is 10.1. The average Bonchev–Trinajstić information content (AvgIpc) is 2.91. The summed E-state index contributed by atoms with van der Waals surface area (Å²) in [6, 6.07) is 6.97. The van der Waals surface area contributed by atoms with E-state index in [9.17, 15) is 12.8 Å². The molecule has 0 radical (unpaired) electrons. The summed E-state index contributed by atoms with van der Waals surface area (Å²) in [4.78, 5) is 0. The molecule has 1 aliphatic heterocycles. The second kappa shape index (κ2) is 6.38. The summed E-state index contributed by atoms with van der Waals surface area (Å²) in [6.45, 7) is 2.43. The smallest absolute Gasteiger partial charge is 0.220 e. The highest BCUT2D eigenvalue weighted by Gasteiger charge is 2.34. The van der Waals surface area contributed by atoms with E-state index >= 15 is 0 Å². The van der Waals surface area contributed by atoms with Crippen molar-refractivity contribution in [3.63, 3.8) is 0 Å². The lowest BCUT2D eigenvalue weighted by molar-refractivity contribution is 0.0319. The van der Waals surface area contributed by atoms with Crippen LogP contribution >= 0.6 is 0 Å². The van der Waals surface area contributed by atoms with Gasteiger partial charge in [0.15, 0.2) is 0 Å². The topological polar surface area (TPSA) is 72.6 Å². The van der Waals surface area contributed by atoms with Crippen molar-refractivity contribution in [3.05, 3.63) is 53.2 Å². The second-order valence-corrected chi connectivity index (χ2v) is 7.36. The van der Waals surface area contributed by atoms with Crippen molar-refractivity contribution in [2.45, 2.75) is 18.7 Å². The summed E-state index contributed by atoms with van der Waals surface area (Å²) in [5.41, 5.74) is 0.927. The van der Waals surface area contributed by atoms with Crippen LogP contribution in [0.2, 0.25) is 0 Å². The van der Waals surface area contributed by atoms with Crippen LogP contribution in [0.5, 0.6) is 0 Å². The predicted octanol–water partition coefficient (Wildman–Crippen LogP) is 2.03. The standard InChI is InChI=1S/C15H17FN2O4S/c1-11-7-14(17-22-11)10-23(19,20)18-5-6-21-9-15(18)12-3-2-4-13(16)8-12/h2-4,7-8,15H,5-6,9-10H2,1H3. The molecule has 1 aromatic heterocycles. The predicted molar refractivity (Wildman–Crippen MR) is 80.5 cm³/mol. The Bertz CT molecular complexity index is 790. The Hall–Kier alpha value is -1.77. The van der Waals surface area contributed by atoms with Crippen LogP contribution in [0, 0.1) is 12.7 Å². The van der Waals surface area contributed by atoms with Crippen molar-refractivity contribution < 1.29 is 22.1 Å². The lowest BCUT2D eigenvalue weighted by Gasteiger charge is -2.34. The molecule has 8 heteroatoms. The fourth-order valence-corrected chi connectivity index (χ4v) is 4.25. The van der Waals surface area contributed by atoms with Crippen LogP contribution in [0.25, 0.3) is 0 Å². The molecule has 2 heterocycles. The van der Waals surface area contributed by atoms with E-state index in [1.165, 1.54) is 16.4 Å². The van der Waals surface area contributed by atoms with Gasteiger partial charge in [0.05, 0.1) is 19.3 Å². The van der Waals surface area contributed by atoms with Crippen LogP contribution in [0.3, 0.4) is 0 Å². The van der Waals surface area contributed by atoms with Gasteiger partial charge in [-0.05, 0) is 24.6 Å². The van der Waals surface area contributed by atoms with Crippen molar-refractivity contribution in [2.75, 3.05) is 19.8 Å². The fraction of sp³-hybridized carbons (Fsp3) is 0.400. The van der Waals surface area contributed by atoms with Gasteiger partial charge >= 0.3 is 0 Å². The van der Waals surface area contributed by atoms with Crippen LogP contribution in [-0.4, -0.2) is 37.6 Å². The van der Waals surface area contributed by atoms with Crippen LogP contribution in [-0.2, 0) is 20.5 Å². The molecule has 0 amide bonds. The number of nitrogens with zero attached hydrogens (tertiary/aromatic N) is 2. The maximum absolute atomic E-state index is 13.5. The van der Waals surface area contributed by atoms with Crippen molar-refractivity contribution >= 4 is 10.0 Å². The third kappa shape index (κ3) is 3.60. The number of halogens is 1. The van der Waals surface area contributed by atoms with Gasteiger partial charge in [0.25, 0.3) is 0 Å². The Morgan fingerprint density at radius 3 is 2.91 bits per heavy atom. The Morgan fingerprint density at radius 2 is 2.22 bits per heavy atom. The van der Waals surface area contributed by atoms with E-state index < -0.39 is 21.9 Å². The third-order valence-corrected chi connectivity index (χ3v) is 5.49. The molecule has 124 valence electrons. The molecule has 0 N–H and O–H groups in total. The van der Waals surface area contributed by atoms with Crippen LogP contribution in [0.15, 0.2) is 34.9 Å². The zero-order valence-electron chi connectivity index (χ0n) is 12.6. The molecule has 0 saturated carbocycles. The molecule has 1 aromatic carbocycles. The minimum absolute atomic E-state index is 0.195. The monoisotopic (exact) mass is 340 g/mol. The number of hydrogen-bond donors (Lipinski definition) is 0. The number of hydrogen-bond acceptors (Lipinski definition) is 5. The molecule has 1 fully saturated rings. The third-order valence-electron chi connectivity index (χ3n) is 3.68. The largest absolute Gasteiger partial charge is 0.378 e. The minimum atomic E-state index is -3.62. The van der Waals surface area contributed by atoms with E-state index in [-0.39, 0.29) is 18.9 Å². The van der Waals surface area contributed by atoms with Crippen molar-refractivity contribution in [1.29, 1.82) is 0 Å². The van der Waals surface area contributed by atoms with Gasteiger partial charge in [0.2, 0.25) is 10.0 Å². The molecular weight excluding hydrogens is 323 g/mol. The van der Waals surface area contributed by atoms with Crippen molar-refractivity contribution in [3.8, 4) is 0 Å². The summed E-state index contributed by atoms with van der Waals surface area (Å²) >= 11 is 0. The summed E-state index contributed by atoms with van der Waals surface area (Å²) < 4.78 is 50.6. The van der Waals surface area contributed by atoms with E-state index in [0.29, 0.717) is 23.6 Å². The first-order valence-corrected chi connectivity index (χ1v) is 8.81. The van der Waals surface area contributed by atoms with Gasteiger partial charge in [-0.15, -0.1) is 0 Å². The second-order valence-electron chi connectivity index (χ2n) is 5.44. The quantitative estimate of drug-likeness (QED) is 0.851. The van der Waals surface area contributed by atoms with Crippen LogP contribution in [0.4, 0.5) is 4.39 Å². The zero-order chi connectivity index (χ0) is 16.4. The first kappa shape index (κ1) is 16.1. The van der Waals surface area contributed by atoms with E-state index in [2.05, 4.69) is 5.16 Å². The summed E-state index contributed by atoms with van der Waals surface area (Å²) in [5, 5.41) is 3.74. The van der Waals surface area contributed by atoms with Crippen molar-refractivity contribution in [2.24, 2.45) is 0 Å². The van der Waals surface area contributed by atoms with E-state index in [1.54, 1.807) is 25.1 Å². The average molecular weight is 340 g/mol. The summed E-state index contributed by atoms with van der Waals surface area (Å²) in [6.07, 6.45) is 0. The van der Waals surface area contributed by atoms with E-state index in [4.69, 9.17) is 9.26 Å². The molecule has 23 heavy (non-hydrogen) atoms. The SMILES string of the molecule is Cc1cc(CS(=O)(=O)N2CCOCC2c2cccc(F)c2)no1. The Balaban J connectivity index is 1.88. The van der Waals surface area contributed by atoms with E-state index in [1.807, 2.05) is 0 Å². The number of aryl methyl sites for hydroxylation is 1. The molecule has 0 spiro atoms. The number of benzene rings is 1. The first-order chi connectivity index (χ1) is 11.0. The molecule has 0 aliphatic carbocycles. The molecule has 1 saturated heterocycles. The fourth-order valence-electron chi connectivity index (χ4n) is 2.65. The first-order valence-electron chi connectivity index (χ1n) is 7.20. The highest BCUT2D eigenvalue weighted by atomic mass is 32.2. The highest BCUT2D eigenvalue weighted by molar-refractivity contribution is 7.88.